The molecule has 1 heterocycles. The van der Waals surface area contributed by atoms with Crippen LogP contribution in [0.5, 0.6) is 0 Å². The number of carbonyl (C=O) groups excluding carboxylic acids is 2. The Bertz CT molecular complexity index is 919. The molecule has 0 aliphatic heterocycles. The van der Waals surface area contributed by atoms with Gasteiger partial charge >= 0.3 is 11.9 Å². The Morgan fingerprint density at radius 2 is 1.70 bits per heavy atom. The highest BCUT2D eigenvalue weighted by atomic mass is 32.2. The molecule has 0 unspecified atom stereocenters. The quantitative estimate of drug-likeness (QED) is 0.529. The van der Waals surface area contributed by atoms with Gasteiger partial charge in [0, 0.05) is 6.54 Å². The normalized spacial score (nSPS) is 11.2. The highest BCUT2D eigenvalue weighted by Crippen LogP contribution is 2.33. The second kappa shape index (κ2) is 9.12. The third-order valence-electron chi connectivity index (χ3n) is 3.90. The Kier molecular flexibility index (Phi) is 7.11. The number of hydrogen-bond acceptors (Lipinski definition) is 7. The predicted molar refractivity (Wildman–Crippen MR) is 102 cm³/mol. The lowest BCUT2D eigenvalue weighted by atomic mass is 10.1. The van der Waals surface area contributed by atoms with E-state index in [1.807, 2.05) is 30.3 Å². The molecule has 27 heavy (non-hydrogen) atoms. The van der Waals surface area contributed by atoms with Gasteiger partial charge in [-0.2, -0.15) is 0 Å². The topological polar surface area (TPSA) is 98.8 Å². The van der Waals surface area contributed by atoms with Crippen molar-refractivity contribution in [1.82, 2.24) is 4.72 Å². The molecule has 0 aliphatic rings. The van der Waals surface area contributed by atoms with Crippen molar-refractivity contribution in [3.05, 3.63) is 51.9 Å². The van der Waals surface area contributed by atoms with Crippen LogP contribution in [0.4, 0.5) is 0 Å². The molecular weight excluding hydrogens is 390 g/mol. The predicted octanol–water partition coefficient (Wildman–Crippen LogP) is 2.54. The Labute approximate surface area is 162 Å². The molecular formula is C18H21NO6S2. The first-order chi connectivity index (χ1) is 12.8. The van der Waals surface area contributed by atoms with Crippen molar-refractivity contribution < 1.29 is 27.5 Å². The summed E-state index contributed by atoms with van der Waals surface area (Å²) < 4.78 is 37.0. The van der Waals surface area contributed by atoms with Crippen LogP contribution in [0, 0.1) is 6.92 Å². The number of thiophene rings is 1. The zero-order valence-corrected chi connectivity index (χ0v) is 16.9. The van der Waals surface area contributed by atoms with Crippen LogP contribution in [0.3, 0.4) is 0 Å². The number of nitrogens with one attached hydrogen (secondary N) is 1. The molecule has 2 rings (SSSR count). The summed E-state index contributed by atoms with van der Waals surface area (Å²) in [5.41, 5.74) is 1.19. The fourth-order valence-corrected chi connectivity index (χ4v) is 5.37. The molecule has 1 aromatic carbocycles. The number of aryl methyl sites for hydroxylation is 1. The second-order valence-corrected chi connectivity index (χ2v) is 8.67. The van der Waals surface area contributed by atoms with Crippen molar-refractivity contribution in [2.75, 3.05) is 20.8 Å². The number of methoxy groups -OCH3 is 2. The molecule has 0 atom stereocenters. The number of rotatable bonds is 8. The molecule has 0 spiro atoms. The van der Waals surface area contributed by atoms with Gasteiger partial charge in [0.05, 0.1) is 19.8 Å². The lowest BCUT2D eigenvalue weighted by molar-refractivity contribution is 0.0596. The van der Waals surface area contributed by atoms with E-state index in [2.05, 4.69) is 14.2 Å². The number of sulfonamides is 1. The maximum absolute atomic E-state index is 12.7. The van der Waals surface area contributed by atoms with Crippen molar-refractivity contribution in [3.63, 3.8) is 0 Å². The van der Waals surface area contributed by atoms with E-state index in [1.54, 1.807) is 0 Å². The van der Waals surface area contributed by atoms with E-state index in [0.29, 0.717) is 24.2 Å². The first kappa shape index (κ1) is 21.1. The van der Waals surface area contributed by atoms with Crippen LogP contribution in [0.15, 0.2) is 34.5 Å². The average molecular weight is 412 g/mol. The standard InChI is InChI=1S/C18H21NO6S2/c1-12-14(16(20)24-2)18(26-15(12)17(21)25-3)27(22,23)19-11-7-10-13-8-5-4-6-9-13/h4-6,8-9,19H,7,10-11H2,1-3H3. The number of ether oxygens (including phenoxy) is 2. The van der Waals surface area contributed by atoms with Gasteiger partial charge in [-0.25, -0.2) is 22.7 Å². The molecule has 2 aromatic rings. The molecule has 1 aromatic heterocycles. The third kappa shape index (κ3) is 4.94. The Morgan fingerprint density at radius 3 is 2.30 bits per heavy atom. The first-order valence-electron chi connectivity index (χ1n) is 8.15. The Morgan fingerprint density at radius 1 is 1.07 bits per heavy atom. The molecule has 1 N–H and O–H groups in total. The molecule has 0 saturated heterocycles. The van der Waals surface area contributed by atoms with Crippen molar-refractivity contribution in [3.8, 4) is 0 Å². The summed E-state index contributed by atoms with van der Waals surface area (Å²) >= 11 is 0.698. The number of carbonyl (C=O) groups is 2. The molecule has 0 aliphatic carbocycles. The summed E-state index contributed by atoms with van der Waals surface area (Å²) in [5, 5.41) is 0. The first-order valence-corrected chi connectivity index (χ1v) is 10.5. The van der Waals surface area contributed by atoms with Crippen LogP contribution in [-0.2, 0) is 25.9 Å². The number of benzene rings is 1. The van der Waals surface area contributed by atoms with Gasteiger partial charge in [-0.3, -0.25) is 0 Å². The van der Waals surface area contributed by atoms with E-state index in [1.165, 1.54) is 14.0 Å². The summed E-state index contributed by atoms with van der Waals surface area (Å²) in [7, 11) is -1.64. The van der Waals surface area contributed by atoms with Gasteiger partial charge in [-0.1, -0.05) is 30.3 Å². The van der Waals surface area contributed by atoms with Crippen molar-refractivity contribution >= 4 is 33.3 Å². The largest absolute Gasteiger partial charge is 0.465 e. The van der Waals surface area contributed by atoms with E-state index in [-0.39, 0.29) is 26.8 Å². The van der Waals surface area contributed by atoms with Crippen LogP contribution in [0.1, 0.15) is 37.6 Å². The van der Waals surface area contributed by atoms with E-state index in [9.17, 15) is 18.0 Å². The molecule has 7 nitrogen and oxygen atoms in total. The van der Waals surface area contributed by atoms with Gasteiger partial charge in [-0.15, -0.1) is 11.3 Å². The number of esters is 2. The van der Waals surface area contributed by atoms with Crippen LogP contribution in [0.2, 0.25) is 0 Å². The van der Waals surface area contributed by atoms with Crippen LogP contribution in [-0.4, -0.2) is 41.1 Å². The summed E-state index contributed by atoms with van der Waals surface area (Å²) in [5.74, 6) is -1.52. The van der Waals surface area contributed by atoms with Crippen LogP contribution < -0.4 is 4.72 Å². The highest BCUT2D eigenvalue weighted by Gasteiger charge is 2.32. The summed E-state index contributed by atoms with van der Waals surface area (Å²) in [4.78, 5) is 24.0. The van der Waals surface area contributed by atoms with Gasteiger partial charge in [0.1, 0.15) is 4.88 Å². The molecule has 0 bridgehead atoms. The maximum Gasteiger partial charge on any atom is 0.348 e. The third-order valence-corrected chi connectivity index (χ3v) is 7.15. The minimum absolute atomic E-state index is 0.0579. The SMILES string of the molecule is COC(=O)c1sc(S(=O)(=O)NCCCc2ccccc2)c(C(=O)OC)c1C. The minimum Gasteiger partial charge on any atom is -0.465 e. The zero-order chi connectivity index (χ0) is 20.0. The lowest BCUT2D eigenvalue weighted by Crippen LogP contribution is -2.26. The smallest absolute Gasteiger partial charge is 0.348 e. The zero-order valence-electron chi connectivity index (χ0n) is 15.3. The van der Waals surface area contributed by atoms with Crippen LogP contribution >= 0.6 is 11.3 Å². The molecule has 0 radical (unpaired) electrons. The monoisotopic (exact) mass is 411 g/mol. The minimum atomic E-state index is -3.98. The van der Waals surface area contributed by atoms with E-state index >= 15 is 0 Å². The average Bonchev–Trinajstić information content (AvgIpc) is 3.03. The van der Waals surface area contributed by atoms with Crippen molar-refractivity contribution in [2.24, 2.45) is 0 Å². The highest BCUT2D eigenvalue weighted by molar-refractivity contribution is 7.91. The Hall–Kier alpha value is -2.23. The molecule has 0 amide bonds. The maximum atomic E-state index is 12.7. The fourth-order valence-electron chi connectivity index (χ4n) is 2.51. The van der Waals surface area contributed by atoms with Crippen molar-refractivity contribution in [1.29, 1.82) is 0 Å². The van der Waals surface area contributed by atoms with E-state index in [4.69, 9.17) is 0 Å². The summed E-state index contributed by atoms with van der Waals surface area (Å²) in [6, 6.07) is 9.69. The second-order valence-electron chi connectivity index (χ2n) is 5.69. The van der Waals surface area contributed by atoms with E-state index in [0.717, 1.165) is 12.7 Å². The van der Waals surface area contributed by atoms with Gasteiger partial charge in [-0.05, 0) is 30.9 Å². The van der Waals surface area contributed by atoms with Crippen LogP contribution in [0.25, 0.3) is 0 Å². The molecule has 146 valence electrons. The van der Waals surface area contributed by atoms with Gasteiger partial charge in [0.25, 0.3) is 10.0 Å². The van der Waals surface area contributed by atoms with Crippen molar-refractivity contribution in [2.45, 2.75) is 24.0 Å². The molecule has 0 fully saturated rings. The molecule has 0 saturated carbocycles. The number of hydrogen-bond donors (Lipinski definition) is 1. The Balaban J connectivity index is 2.21. The summed E-state index contributed by atoms with van der Waals surface area (Å²) in [6.07, 6.45) is 1.30. The van der Waals surface area contributed by atoms with Gasteiger partial charge in [0.15, 0.2) is 4.21 Å². The van der Waals surface area contributed by atoms with Gasteiger partial charge in [0.2, 0.25) is 0 Å². The summed E-state index contributed by atoms with van der Waals surface area (Å²) in [6.45, 7) is 1.69. The lowest BCUT2D eigenvalue weighted by Gasteiger charge is -2.07. The fraction of sp³-hybridized carbons (Fsp3) is 0.333. The van der Waals surface area contributed by atoms with E-state index < -0.39 is 22.0 Å². The molecule has 9 heteroatoms. The van der Waals surface area contributed by atoms with Gasteiger partial charge < -0.3 is 9.47 Å².